The molecule has 0 atom stereocenters. The van der Waals surface area contributed by atoms with Crippen LogP contribution in [0.3, 0.4) is 0 Å². The van der Waals surface area contributed by atoms with Gasteiger partial charge in [0, 0.05) is 12.5 Å². The summed E-state index contributed by atoms with van der Waals surface area (Å²) < 4.78 is 28.5. The maximum absolute atomic E-state index is 12.9. The third-order valence-corrected chi connectivity index (χ3v) is 7.30. The van der Waals surface area contributed by atoms with Crippen LogP contribution in [0, 0.1) is 19.8 Å². The van der Waals surface area contributed by atoms with Crippen LogP contribution in [-0.2, 0) is 20.2 Å². The van der Waals surface area contributed by atoms with E-state index in [-0.39, 0.29) is 17.2 Å². The van der Waals surface area contributed by atoms with E-state index in [4.69, 9.17) is 5.73 Å². The third kappa shape index (κ3) is 5.78. The number of piperidine rings is 1. The largest absolute Gasteiger partial charge is 0.369 e. The Morgan fingerprint density at radius 1 is 1.21 bits per heavy atom. The molecule has 1 aliphatic heterocycles. The molecule has 0 aromatic heterocycles. The van der Waals surface area contributed by atoms with Crippen LogP contribution in [0.25, 0.3) is 0 Å². The Morgan fingerprint density at radius 2 is 1.82 bits per heavy atom. The summed E-state index contributed by atoms with van der Waals surface area (Å²) in [6, 6.07) is 3.88. The number of hydrogen-bond donors (Lipinski definition) is 2. The van der Waals surface area contributed by atoms with Crippen LogP contribution in [0.5, 0.6) is 0 Å². The van der Waals surface area contributed by atoms with Gasteiger partial charge < -0.3 is 10.6 Å². The molecule has 1 saturated heterocycles. The van der Waals surface area contributed by atoms with Gasteiger partial charge >= 0.3 is 0 Å². The lowest BCUT2D eigenvalue weighted by molar-refractivity contribution is -0.123. The van der Waals surface area contributed by atoms with E-state index in [1.54, 1.807) is 6.07 Å². The first-order valence-electron chi connectivity index (χ1n) is 10.0. The molecule has 0 aliphatic carbocycles. The fraction of sp³-hybridized carbons (Fsp3) is 0.667. The highest BCUT2D eigenvalue weighted by molar-refractivity contribution is 7.89. The number of primary amides is 1. The van der Waals surface area contributed by atoms with Crippen molar-refractivity contribution in [2.45, 2.75) is 64.2 Å². The molecule has 0 saturated carbocycles. The highest BCUT2D eigenvalue weighted by Crippen LogP contribution is 2.29. The molecule has 0 spiro atoms. The summed E-state index contributed by atoms with van der Waals surface area (Å²) in [5.41, 5.74) is 8.06. The lowest BCUT2D eigenvalue weighted by Crippen LogP contribution is -2.39. The first-order chi connectivity index (χ1) is 12.9. The number of nitrogens with two attached hydrogens (primary N) is 1. The summed E-state index contributed by atoms with van der Waals surface area (Å²) in [5, 5.41) is 0. The lowest BCUT2D eigenvalue weighted by atomic mass is 9.85. The van der Waals surface area contributed by atoms with Crippen LogP contribution in [0.15, 0.2) is 17.0 Å². The molecule has 28 heavy (non-hydrogen) atoms. The van der Waals surface area contributed by atoms with E-state index in [0.29, 0.717) is 11.4 Å². The molecule has 2 rings (SSSR count). The van der Waals surface area contributed by atoms with Crippen molar-refractivity contribution in [3.63, 3.8) is 0 Å². The summed E-state index contributed by atoms with van der Waals surface area (Å²) in [7, 11) is -3.55. The van der Waals surface area contributed by atoms with Crippen LogP contribution in [0.1, 0.15) is 56.7 Å². The van der Waals surface area contributed by atoms with Gasteiger partial charge in [-0.15, -0.1) is 0 Å². The van der Waals surface area contributed by atoms with Crippen molar-refractivity contribution < 1.29 is 13.2 Å². The second-order valence-electron chi connectivity index (χ2n) is 8.94. The standard InChI is InChI=1S/C21H35N3O3S/c1-15-13-18(21(3,4)5)14-19(16(15)2)28(26,27)23-9-6-10-24-11-7-17(8-12-24)20(22)25/h13-14,17,23H,6-12H2,1-5H3,(H2,22,25). The lowest BCUT2D eigenvalue weighted by Gasteiger charge is -2.30. The smallest absolute Gasteiger partial charge is 0.240 e. The molecule has 7 heteroatoms. The van der Waals surface area contributed by atoms with Gasteiger partial charge in [0.25, 0.3) is 0 Å². The predicted molar refractivity (Wildman–Crippen MR) is 113 cm³/mol. The van der Waals surface area contributed by atoms with E-state index in [9.17, 15) is 13.2 Å². The normalized spacial score (nSPS) is 17.0. The van der Waals surface area contributed by atoms with E-state index in [0.717, 1.165) is 55.6 Å². The van der Waals surface area contributed by atoms with Gasteiger partial charge in [0.05, 0.1) is 4.90 Å². The summed E-state index contributed by atoms with van der Waals surface area (Å²) >= 11 is 0. The van der Waals surface area contributed by atoms with Crippen LogP contribution in [0.2, 0.25) is 0 Å². The predicted octanol–water partition coefficient (Wildman–Crippen LogP) is 2.47. The average molecular weight is 410 g/mol. The molecule has 0 bridgehead atoms. The Bertz CT molecular complexity index is 805. The molecular formula is C21H35N3O3S. The number of carbonyl (C=O) groups is 1. The number of benzene rings is 1. The molecule has 1 heterocycles. The molecule has 0 unspecified atom stereocenters. The fourth-order valence-electron chi connectivity index (χ4n) is 3.57. The molecular weight excluding hydrogens is 374 g/mol. The van der Waals surface area contributed by atoms with Gasteiger partial charge in [-0.2, -0.15) is 0 Å². The van der Waals surface area contributed by atoms with Gasteiger partial charge in [-0.05, 0) is 80.9 Å². The molecule has 0 radical (unpaired) electrons. The molecule has 1 aromatic carbocycles. The minimum Gasteiger partial charge on any atom is -0.369 e. The zero-order chi connectivity index (χ0) is 21.1. The van der Waals surface area contributed by atoms with Crippen molar-refractivity contribution in [2.24, 2.45) is 11.7 Å². The molecule has 3 N–H and O–H groups in total. The van der Waals surface area contributed by atoms with Crippen molar-refractivity contribution >= 4 is 15.9 Å². The molecule has 1 fully saturated rings. The van der Waals surface area contributed by atoms with Crippen molar-refractivity contribution in [1.82, 2.24) is 9.62 Å². The quantitative estimate of drug-likeness (QED) is 0.677. The zero-order valence-electron chi connectivity index (χ0n) is 17.8. The highest BCUT2D eigenvalue weighted by Gasteiger charge is 2.24. The van der Waals surface area contributed by atoms with Gasteiger partial charge in [0.15, 0.2) is 0 Å². The Kier molecular flexibility index (Phi) is 7.28. The van der Waals surface area contributed by atoms with Gasteiger partial charge in [0.1, 0.15) is 0 Å². The van der Waals surface area contributed by atoms with Gasteiger partial charge in [-0.3, -0.25) is 4.79 Å². The monoisotopic (exact) mass is 409 g/mol. The number of carbonyl (C=O) groups excluding carboxylic acids is 1. The maximum atomic E-state index is 12.9. The molecule has 6 nitrogen and oxygen atoms in total. The Balaban J connectivity index is 1.94. The average Bonchev–Trinajstić information content (AvgIpc) is 2.60. The number of aryl methyl sites for hydroxylation is 1. The van der Waals surface area contributed by atoms with Gasteiger partial charge in [0.2, 0.25) is 15.9 Å². The number of likely N-dealkylation sites (tertiary alicyclic amines) is 1. The summed E-state index contributed by atoms with van der Waals surface area (Å²) in [5.74, 6) is -0.230. The van der Waals surface area contributed by atoms with Crippen molar-refractivity contribution in [3.8, 4) is 0 Å². The number of rotatable bonds is 7. The number of nitrogens with zero attached hydrogens (tertiary/aromatic N) is 1. The minimum atomic E-state index is -3.55. The topological polar surface area (TPSA) is 92.5 Å². The SMILES string of the molecule is Cc1cc(C(C)(C)C)cc(S(=O)(=O)NCCCN2CCC(C(N)=O)CC2)c1C. The zero-order valence-corrected chi connectivity index (χ0v) is 18.7. The summed E-state index contributed by atoms with van der Waals surface area (Å²) in [6.45, 7) is 13.0. The van der Waals surface area contributed by atoms with Crippen LogP contribution in [0.4, 0.5) is 0 Å². The van der Waals surface area contributed by atoms with Crippen LogP contribution >= 0.6 is 0 Å². The molecule has 158 valence electrons. The van der Waals surface area contributed by atoms with E-state index < -0.39 is 10.0 Å². The molecule has 1 amide bonds. The van der Waals surface area contributed by atoms with Crippen molar-refractivity contribution in [2.75, 3.05) is 26.2 Å². The number of hydrogen-bond acceptors (Lipinski definition) is 4. The Morgan fingerprint density at radius 3 is 2.36 bits per heavy atom. The number of nitrogens with one attached hydrogen (secondary N) is 1. The first-order valence-corrected chi connectivity index (χ1v) is 11.5. The highest BCUT2D eigenvalue weighted by atomic mass is 32.2. The van der Waals surface area contributed by atoms with Gasteiger partial charge in [-0.1, -0.05) is 26.8 Å². The number of amides is 1. The third-order valence-electron chi connectivity index (χ3n) is 5.71. The maximum Gasteiger partial charge on any atom is 0.240 e. The van der Waals surface area contributed by atoms with Crippen molar-refractivity contribution in [3.05, 3.63) is 28.8 Å². The van der Waals surface area contributed by atoms with E-state index in [2.05, 4.69) is 36.5 Å². The Labute approximate surface area is 169 Å². The summed E-state index contributed by atoms with van der Waals surface area (Å²) in [4.78, 5) is 13.9. The van der Waals surface area contributed by atoms with E-state index >= 15 is 0 Å². The first kappa shape index (κ1) is 22.8. The van der Waals surface area contributed by atoms with E-state index in [1.807, 2.05) is 13.8 Å². The molecule has 1 aliphatic rings. The number of sulfonamides is 1. The van der Waals surface area contributed by atoms with Crippen molar-refractivity contribution in [1.29, 1.82) is 0 Å². The fourth-order valence-corrected chi connectivity index (χ4v) is 4.98. The van der Waals surface area contributed by atoms with Crippen LogP contribution < -0.4 is 10.5 Å². The van der Waals surface area contributed by atoms with E-state index in [1.165, 1.54) is 0 Å². The second-order valence-corrected chi connectivity index (χ2v) is 10.7. The molecule has 1 aromatic rings. The van der Waals surface area contributed by atoms with Crippen LogP contribution in [-0.4, -0.2) is 45.4 Å². The summed E-state index contributed by atoms with van der Waals surface area (Å²) in [6.07, 6.45) is 2.32. The second kappa shape index (κ2) is 8.93. The Hall–Kier alpha value is -1.44. The minimum absolute atomic E-state index is 0.0175. The van der Waals surface area contributed by atoms with Gasteiger partial charge in [-0.25, -0.2) is 13.1 Å².